The lowest BCUT2D eigenvalue weighted by molar-refractivity contribution is 0.447. The van der Waals surface area contributed by atoms with Crippen LogP contribution in [0.4, 0.5) is 0 Å². The van der Waals surface area contributed by atoms with Crippen LogP contribution in [0.5, 0.6) is 0 Å². The number of hydrogen-bond acceptors (Lipinski definition) is 2. The van der Waals surface area contributed by atoms with Gasteiger partial charge in [0.05, 0.1) is 0 Å². The van der Waals surface area contributed by atoms with Gasteiger partial charge in [-0.1, -0.05) is 46.5 Å². The first-order valence-electron chi connectivity index (χ1n) is 8.05. The molecule has 110 valence electrons. The molecule has 0 bridgehead atoms. The number of nitrogens with zero attached hydrogens (tertiary/aromatic N) is 2. The molecule has 1 unspecified atom stereocenters. The van der Waals surface area contributed by atoms with E-state index in [-0.39, 0.29) is 0 Å². The van der Waals surface area contributed by atoms with E-state index in [2.05, 4.69) is 41.8 Å². The molecule has 3 nitrogen and oxygen atoms in total. The van der Waals surface area contributed by atoms with Gasteiger partial charge in [0.25, 0.3) is 0 Å². The largest absolute Gasteiger partial charge is 0.335 e. The van der Waals surface area contributed by atoms with Crippen LogP contribution in [0.25, 0.3) is 0 Å². The number of unbranched alkanes of at least 4 members (excludes halogenated alkanes) is 3. The van der Waals surface area contributed by atoms with Crippen LogP contribution in [0, 0.1) is 0 Å². The first kappa shape index (κ1) is 16.2. The second kappa shape index (κ2) is 10.0. The molecular weight excluding hydrogens is 234 g/mol. The summed E-state index contributed by atoms with van der Waals surface area (Å²) in [7, 11) is 0. The zero-order valence-electron chi connectivity index (χ0n) is 13.0. The average molecular weight is 265 g/mol. The molecule has 19 heavy (non-hydrogen) atoms. The lowest BCUT2D eigenvalue weighted by Crippen LogP contribution is -2.32. The van der Waals surface area contributed by atoms with Gasteiger partial charge in [-0.15, -0.1) is 0 Å². The molecule has 0 aliphatic rings. The molecule has 0 saturated carbocycles. The second-order valence-electron chi connectivity index (χ2n) is 5.34. The molecule has 1 aromatic rings. The van der Waals surface area contributed by atoms with Gasteiger partial charge in [-0.25, -0.2) is 4.98 Å². The van der Waals surface area contributed by atoms with E-state index in [9.17, 15) is 0 Å². The third-order valence-corrected chi connectivity index (χ3v) is 3.59. The minimum Gasteiger partial charge on any atom is -0.335 e. The number of aryl methyl sites for hydroxylation is 1. The highest BCUT2D eigenvalue weighted by atomic mass is 15.1. The Hall–Kier alpha value is -0.830. The quantitative estimate of drug-likeness (QED) is 0.617. The monoisotopic (exact) mass is 265 g/mol. The van der Waals surface area contributed by atoms with E-state index in [4.69, 9.17) is 0 Å². The molecule has 0 aliphatic heterocycles. The van der Waals surface area contributed by atoms with Crippen LogP contribution in [0.1, 0.15) is 65.1 Å². The minimum atomic E-state index is 0.583. The summed E-state index contributed by atoms with van der Waals surface area (Å²) in [6, 6.07) is 0.583. The maximum Gasteiger partial charge on any atom is 0.110 e. The van der Waals surface area contributed by atoms with Crippen LogP contribution in [-0.4, -0.2) is 22.1 Å². The van der Waals surface area contributed by atoms with Gasteiger partial charge in [0.15, 0.2) is 0 Å². The Labute approximate surface area is 118 Å². The van der Waals surface area contributed by atoms with Crippen molar-refractivity contribution in [3.05, 3.63) is 18.2 Å². The lowest BCUT2D eigenvalue weighted by atomic mass is 10.0. The fraction of sp³-hybridized carbons (Fsp3) is 0.812. The molecule has 0 fully saturated rings. The second-order valence-corrected chi connectivity index (χ2v) is 5.34. The van der Waals surface area contributed by atoms with Gasteiger partial charge in [-0.3, -0.25) is 0 Å². The lowest BCUT2D eigenvalue weighted by Gasteiger charge is -2.18. The normalized spacial score (nSPS) is 12.8. The van der Waals surface area contributed by atoms with Crippen LogP contribution < -0.4 is 5.32 Å². The fourth-order valence-electron chi connectivity index (χ4n) is 2.58. The summed E-state index contributed by atoms with van der Waals surface area (Å²) in [5.41, 5.74) is 0. The van der Waals surface area contributed by atoms with Crippen LogP contribution in [0.2, 0.25) is 0 Å². The Balaban J connectivity index is 2.44. The SMILES string of the molecule is CCCCCCC(Cc1nccn1CCC)NCC. The maximum absolute atomic E-state index is 4.52. The molecule has 1 N–H and O–H groups in total. The molecule has 0 aromatic carbocycles. The smallest absolute Gasteiger partial charge is 0.110 e. The highest BCUT2D eigenvalue weighted by molar-refractivity contribution is 4.95. The number of rotatable bonds is 11. The van der Waals surface area contributed by atoms with Gasteiger partial charge in [-0.2, -0.15) is 0 Å². The Kier molecular flexibility index (Phi) is 8.55. The summed E-state index contributed by atoms with van der Waals surface area (Å²) in [5, 5.41) is 3.61. The highest BCUT2D eigenvalue weighted by Crippen LogP contribution is 2.10. The topological polar surface area (TPSA) is 29.9 Å². The summed E-state index contributed by atoms with van der Waals surface area (Å²) in [5.74, 6) is 1.24. The van der Waals surface area contributed by atoms with Gasteiger partial charge in [0, 0.05) is 31.4 Å². The van der Waals surface area contributed by atoms with Crippen molar-refractivity contribution in [1.82, 2.24) is 14.9 Å². The van der Waals surface area contributed by atoms with Crippen molar-refractivity contribution in [1.29, 1.82) is 0 Å². The van der Waals surface area contributed by atoms with Crippen LogP contribution in [-0.2, 0) is 13.0 Å². The average Bonchev–Trinajstić information content (AvgIpc) is 2.83. The van der Waals surface area contributed by atoms with Crippen LogP contribution in [0.15, 0.2) is 12.4 Å². The third-order valence-electron chi connectivity index (χ3n) is 3.59. The van der Waals surface area contributed by atoms with Gasteiger partial charge in [0.2, 0.25) is 0 Å². The van der Waals surface area contributed by atoms with Crippen LogP contribution in [0.3, 0.4) is 0 Å². The zero-order valence-corrected chi connectivity index (χ0v) is 13.0. The van der Waals surface area contributed by atoms with E-state index in [0.29, 0.717) is 6.04 Å². The molecule has 0 amide bonds. The van der Waals surface area contributed by atoms with Crippen LogP contribution >= 0.6 is 0 Å². The molecule has 0 aliphatic carbocycles. The Morgan fingerprint density at radius 1 is 1.16 bits per heavy atom. The molecule has 1 aromatic heterocycles. The molecule has 1 atom stereocenters. The number of imidazole rings is 1. The standard InChI is InChI=1S/C16H31N3/c1-4-7-8-9-10-15(17-6-3)14-16-18-11-13-19(16)12-5-2/h11,13,15,17H,4-10,12,14H2,1-3H3. The highest BCUT2D eigenvalue weighted by Gasteiger charge is 2.11. The fourth-order valence-corrected chi connectivity index (χ4v) is 2.58. The summed E-state index contributed by atoms with van der Waals surface area (Å²) in [6.07, 6.45) is 12.9. The maximum atomic E-state index is 4.52. The predicted octanol–water partition coefficient (Wildman–Crippen LogP) is 3.78. The first-order valence-corrected chi connectivity index (χ1v) is 8.05. The van der Waals surface area contributed by atoms with E-state index >= 15 is 0 Å². The number of likely N-dealkylation sites (N-methyl/N-ethyl adjacent to an activating group) is 1. The number of hydrogen-bond donors (Lipinski definition) is 1. The van der Waals surface area contributed by atoms with Crippen molar-refractivity contribution in [3.63, 3.8) is 0 Å². The molecular formula is C16H31N3. The van der Waals surface area contributed by atoms with Crippen molar-refractivity contribution in [2.75, 3.05) is 6.54 Å². The molecule has 3 heteroatoms. The Bertz CT molecular complexity index is 320. The van der Waals surface area contributed by atoms with Gasteiger partial charge >= 0.3 is 0 Å². The van der Waals surface area contributed by atoms with Gasteiger partial charge < -0.3 is 9.88 Å². The number of nitrogens with one attached hydrogen (secondary N) is 1. The minimum absolute atomic E-state index is 0.583. The van der Waals surface area contributed by atoms with E-state index in [0.717, 1.165) is 19.5 Å². The summed E-state index contributed by atoms with van der Waals surface area (Å²) in [6.45, 7) is 8.81. The van der Waals surface area contributed by atoms with E-state index in [1.807, 2.05) is 6.20 Å². The summed E-state index contributed by atoms with van der Waals surface area (Å²) >= 11 is 0. The van der Waals surface area contributed by atoms with Crippen molar-refractivity contribution in [2.45, 2.75) is 78.3 Å². The van der Waals surface area contributed by atoms with Crippen molar-refractivity contribution >= 4 is 0 Å². The van der Waals surface area contributed by atoms with E-state index < -0.39 is 0 Å². The van der Waals surface area contributed by atoms with Gasteiger partial charge in [-0.05, 0) is 19.4 Å². The third kappa shape index (κ3) is 6.24. The first-order chi connectivity index (χ1) is 9.31. The molecule has 0 radical (unpaired) electrons. The predicted molar refractivity (Wildman–Crippen MR) is 82.4 cm³/mol. The number of aromatic nitrogens is 2. The summed E-state index contributed by atoms with van der Waals surface area (Å²) in [4.78, 5) is 4.52. The molecule has 0 spiro atoms. The van der Waals surface area contributed by atoms with Gasteiger partial charge in [0.1, 0.15) is 5.82 Å². The van der Waals surface area contributed by atoms with Crippen molar-refractivity contribution < 1.29 is 0 Å². The molecule has 1 heterocycles. The molecule has 1 rings (SSSR count). The van der Waals surface area contributed by atoms with Crippen molar-refractivity contribution in [3.8, 4) is 0 Å². The Morgan fingerprint density at radius 3 is 2.68 bits per heavy atom. The molecule has 0 saturated heterocycles. The van der Waals surface area contributed by atoms with Crippen molar-refractivity contribution in [2.24, 2.45) is 0 Å². The van der Waals surface area contributed by atoms with E-state index in [1.165, 1.54) is 44.3 Å². The zero-order chi connectivity index (χ0) is 13.9. The Morgan fingerprint density at radius 2 is 2.00 bits per heavy atom. The summed E-state index contributed by atoms with van der Waals surface area (Å²) < 4.78 is 2.30. The van der Waals surface area contributed by atoms with E-state index in [1.54, 1.807) is 0 Å².